The lowest BCUT2D eigenvalue weighted by atomic mass is 10.4. The zero-order valence-corrected chi connectivity index (χ0v) is 10.6. The molecule has 1 fully saturated rings. The van der Waals surface area contributed by atoms with Crippen molar-refractivity contribution in [3.8, 4) is 0 Å². The molecule has 1 unspecified atom stereocenters. The minimum atomic E-state index is -3.40. The van der Waals surface area contributed by atoms with Gasteiger partial charge in [-0.1, -0.05) is 0 Å². The molecule has 0 saturated carbocycles. The highest BCUT2D eigenvalue weighted by Gasteiger charge is 2.19. The molecule has 7 heteroatoms. The lowest BCUT2D eigenvalue weighted by molar-refractivity contribution is 0.0410. The van der Waals surface area contributed by atoms with Crippen LogP contribution in [0.3, 0.4) is 0 Å². The minimum absolute atomic E-state index is 0.276. The average Bonchev–Trinajstić information content (AvgIpc) is 2.19. The van der Waals surface area contributed by atoms with Crippen molar-refractivity contribution in [1.82, 2.24) is 4.90 Å². The monoisotopic (exact) mass is 255 g/mol. The molecule has 0 aromatic rings. The molecule has 0 aromatic heterocycles. The molecule has 15 heavy (non-hydrogen) atoms. The van der Waals surface area contributed by atoms with Crippen LogP contribution in [-0.4, -0.2) is 55.0 Å². The van der Waals surface area contributed by atoms with Gasteiger partial charge in [0.1, 0.15) is 0 Å². The molecule has 1 saturated heterocycles. The molecule has 0 aromatic carbocycles. The van der Waals surface area contributed by atoms with Gasteiger partial charge in [0.2, 0.25) is 0 Å². The Hall–Kier alpha value is 0.420. The first-order chi connectivity index (χ1) is 7.14. The summed E-state index contributed by atoms with van der Waals surface area (Å²) in [5, 5.41) is 0. The smallest absolute Gasteiger partial charge is 0.379 e. The van der Waals surface area contributed by atoms with E-state index < -0.39 is 6.80 Å². The molecule has 1 heterocycles. The number of rotatable bonds is 6. The Morgan fingerprint density at radius 2 is 2.20 bits per heavy atom. The molecule has 0 amide bonds. The van der Waals surface area contributed by atoms with Gasteiger partial charge in [-0.2, -0.15) is 0 Å². The van der Waals surface area contributed by atoms with Gasteiger partial charge in [0.05, 0.1) is 19.8 Å². The Bertz CT molecular complexity index is 223. The molecular weight excluding hydrogens is 237 g/mol. The maximum absolute atomic E-state index is 11.3. The Morgan fingerprint density at radius 1 is 1.53 bits per heavy atom. The minimum Gasteiger partial charge on any atom is -0.379 e. The molecule has 5 nitrogen and oxygen atoms in total. The Balaban J connectivity index is 2.11. The molecule has 1 N–H and O–H groups in total. The summed E-state index contributed by atoms with van der Waals surface area (Å²) in [6.07, 6.45) is 0. The van der Waals surface area contributed by atoms with E-state index in [0.717, 1.165) is 44.2 Å². The van der Waals surface area contributed by atoms with E-state index >= 15 is 0 Å². The van der Waals surface area contributed by atoms with Crippen LogP contribution in [0.5, 0.6) is 0 Å². The van der Waals surface area contributed by atoms with Gasteiger partial charge in [0.15, 0.2) is 0 Å². The molecular formula is C8H18NO4PS. The van der Waals surface area contributed by atoms with Crippen molar-refractivity contribution in [3.05, 3.63) is 0 Å². The van der Waals surface area contributed by atoms with E-state index in [1.54, 1.807) is 6.92 Å². The first-order valence-electron chi connectivity index (χ1n) is 5.06. The SMILES string of the molecule is CCOP(=O)(O)SCCN1CCOCC1. The maximum Gasteiger partial charge on any atom is 0.386 e. The number of hydrogen-bond acceptors (Lipinski definition) is 5. The summed E-state index contributed by atoms with van der Waals surface area (Å²) in [5.74, 6) is 0.619. The van der Waals surface area contributed by atoms with Crippen molar-refractivity contribution in [3.63, 3.8) is 0 Å². The summed E-state index contributed by atoms with van der Waals surface area (Å²) in [5.41, 5.74) is 0. The zero-order valence-electron chi connectivity index (χ0n) is 8.92. The van der Waals surface area contributed by atoms with Crippen LogP contribution in [0.4, 0.5) is 0 Å². The summed E-state index contributed by atoms with van der Waals surface area (Å²) in [4.78, 5) is 11.5. The van der Waals surface area contributed by atoms with Crippen LogP contribution in [0, 0.1) is 0 Å². The lowest BCUT2D eigenvalue weighted by Crippen LogP contribution is -2.37. The van der Waals surface area contributed by atoms with E-state index in [1.807, 2.05) is 0 Å². The van der Waals surface area contributed by atoms with Gasteiger partial charge in [-0.3, -0.25) is 4.90 Å². The first-order valence-corrected chi connectivity index (χ1v) is 8.23. The third kappa shape index (κ3) is 5.90. The molecule has 0 aliphatic carbocycles. The fourth-order valence-corrected chi connectivity index (χ4v) is 3.76. The van der Waals surface area contributed by atoms with E-state index in [1.165, 1.54) is 0 Å². The predicted octanol–water partition coefficient (Wildman–Crippen LogP) is 1.19. The Morgan fingerprint density at radius 3 is 2.80 bits per heavy atom. The highest BCUT2D eigenvalue weighted by atomic mass is 32.7. The molecule has 0 bridgehead atoms. The quantitative estimate of drug-likeness (QED) is 0.719. The summed E-state index contributed by atoms with van der Waals surface area (Å²) in [6.45, 7) is 2.73. The molecule has 1 aliphatic heterocycles. The van der Waals surface area contributed by atoms with Crippen molar-refractivity contribution in [2.75, 3.05) is 45.2 Å². The second-order valence-corrected chi connectivity index (χ2v) is 7.19. The maximum atomic E-state index is 11.3. The van der Waals surface area contributed by atoms with Gasteiger partial charge < -0.3 is 14.2 Å². The third-order valence-electron chi connectivity index (χ3n) is 2.06. The van der Waals surface area contributed by atoms with Gasteiger partial charge >= 0.3 is 6.80 Å². The van der Waals surface area contributed by atoms with Crippen molar-refractivity contribution < 1.29 is 18.7 Å². The number of ether oxygens (including phenoxy) is 1. The van der Waals surface area contributed by atoms with Gasteiger partial charge in [0.25, 0.3) is 0 Å². The van der Waals surface area contributed by atoms with Crippen LogP contribution in [0.2, 0.25) is 0 Å². The average molecular weight is 255 g/mol. The number of hydrogen-bond donors (Lipinski definition) is 1. The normalized spacial score (nSPS) is 22.5. The highest BCUT2D eigenvalue weighted by molar-refractivity contribution is 8.54. The Labute approximate surface area is 94.4 Å². The number of nitrogens with zero attached hydrogens (tertiary/aromatic N) is 1. The van der Waals surface area contributed by atoms with Gasteiger partial charge in [0, 0.05) is 25.4 Å². The molecule has 90 valence electrons. The standard InChI is InChI=1S/C8H18NO4PS/c1-2-13-14(10,11)15-8-5-9-3-6-12-7-4-9/h2-8H2,1H3,(H,10,11). The van der Waals surface area contributed by atoms with E-state index in [0.29, 0.717) is 5.75 Å². The number of morpholine rings is 1. The summed E-state index contributed by atoms with van der Waals surface area (Å²) in [7, 11) is 0. The summed E-state index contributed by atoms with van der Waals surface area (Å²) >= 11 is 1.00. The van der Waals surface area contributed by atoms with E-state index in [2.05, 4.69) is 4.90 Å². The third-order valence-corrected chi connectivity index (χ3v) is 5.18. The summed E-state index contributed by atoms with van der Waals surface area (Å²) < 4.78 is 21.3. The highest BCUT2D eigenvalue weighted by Crippen LogP contribution is 2.55. The fourth-order valence-electron chi connectivity index (χ4n) is 1.31. The second-order valence-electron chi connectivity index (χ2n) is 3.17. The van der Waals surface area contributed by atoms with E-state index in [-0.39, 0.29) is 6.61 Å². The van der Waals surface area contributed by atoms with Gasteiger partial charge in [-0.05, 0) is 18.3 Å². The summed E-state index contributed by atoms with van der Waals surface area (Å²) in [6, 6.07) is 0. The molecule has 1 rings (SSSR count). The largest absolute Gasteiger partial charge is 0.386 e. The van der Waals surface area contributed by atoms with Crippen LogP contribution in [0.25, 0.3) is 0 Å². The second kappa shape index (κ2) is 6.89. The van der Waals surface area contributed by atoms with Crippen molar-refractivity contribution in [1.29, 1.82) is 0 Å². The van der Waals surface area contributed by atoms with Gasteiger partial charge in [-0.15, -0.1) is 0 Å². The lowest BCUT2D eigenvalue weighted by Gasteiger charge is -2.26. The first kappa shape index (κ1) is 13.5. The fraction of sp³-hybridized carbons (Fsp3) is 1.00. The molecule has 0 radical (unpaired) electrons. The molecule has 1 aliphatic rings. The van der Waals surface area contributed by atoms with Crippen molar-refractivity contribution in [2.45, 2.75) is 6.92 Å². The van der Waals surface area contributed by atoms with Crippen LogP contribution in [0.15, 0.2) is 0 Å². The van der Waals surface area contributed by atoms with E-state index in [4.69, 9.17) is 9.26 Å². The van der Waals surface area contributed by atoms with Crippen LogP contribution < -0.4 is 0 Å². The van der Waals surface area contributed by atoms with Crippen LogP contribution in [-0.2, 0) is 13.8 Å². The van der Waals surface area contributed by atoms with Crippen molar-refractivity contribution >= 4 is 18.2 Å². The zero-order chi connectivity index (χ0) is 11.1. The Kier molecular flexibility index (Phi) is 6.19. The predicted molar refractivity (Wildman–Crippen MR) is 61.2 cm³/mol. The van der Waals surface area contributed by atoms with E-state index in [9.17, 15) is 9.46 Å². The van der Waals surface area contributed by atoms with Crippen LogP contribution >= 0.6 is 18.2 Å². The topological polar surface area (TPSA) is 59.0 Å². The molecule has 1 atom stereocenters. The van der Waals surface area contributed by atoms with Crippen molar-refractivity contribution in [2.24, 2.45) is 0 Å². The van der Waals surface area contributed by atoms with Crippen LogP contribution in [0.1, 0.15) is 6.92 Å². The molecule has 0 spiro atoms. The van der Waals surface area contributed by atoms with Gasteiger partial charge in [-0.25, -0.2) is 4.57 Å².